The molecular weight excluding hydrogens is 296 g/mol. The largest absolute Gasteiger partial charge is 0.550 e. The summed E-state index contributed by atoms with van der Waals surface area (Å²) in [5.41, 5.74) is -1.11. The van der Waals surface area contributed by atoms with Crippen LogP contribution >= 0.6 is 0 Å². The van der Waals surface area contributed by atoms with Crippen LogP contribution in [-0.2, 0) is 4.79 Å². The Morgan fingerprint density at radius 2 is 1.23 bits per heavy atom. The van der Waals surface area contributed by atoms with Gasteiger partial charge in [-0.2, -0.15) is 0 Å². The minimum Gasteiger partial charge on any atom is -0.550 e. The van der Waals surface area contributed by atoms with E-state index < -0.39 is 37.8 Å². The summed E-state index contributed by atoms with van der Waals surface area (Å²) in [5.74, 6) is -1.15. The Morgan fingerprint density at radius 3 is 1.32 bits per heavy atom. The molecule has 22 heavy (non-hydrogen) atoms. The van der Waals surface area contributed by atoms with E-state index in [-0.39, 0.29) is 17.9 Å². The molecule has 0 aromatic heterocycles. The van der Waals surface area contributed by atoms with Gasteiger partial charge in [-0.05, 0) is 18.6 Å². The number of phenols is 2. The average molecular weight is 319 g/mol. The first-order chi connectivity index (χ1) is 10.3. The van der Waals surface area contributed by atoms with Crippen LogP contribution in [0.3, 0.4) is 0 Å². The fourth-order valence-electron chi connectivity index (χ4n) is 0.764. The van der Waals surface area contributed by atoms with Crippen molar-refractivity contribution in [1.82, 2.24) is 0 Å². The molecule has 1 rings (SSSR count). The van der Waals surface area contributed by atoms with Crippen molar-refractivity contribution >= 4 is 5.97 Å². The maximum absolute atomic E-state index is 9.26. The normalized spacial score (nSPS) is 9.86. The van der Waals surface area contributed by atoms with Crippen LogP contribution in [0.4, 0.5) is 0 Å². The molecule has 1 aromatic carbocycles. The van der Waals surface area contributed by atoms with Crippen molar-refractivity contribution in [3.05, 3.63) is 24.3 Å². The van der Waals surface area contributed by atoms with Crippen LogP contribution in [0.2, 0.25) is 0 Å². The molecule has 0 radical (unpaired) electrons. The van der Waals surface area contributed by atoms with E-state index in [1.807, 2.05) is 0 Å². The van der Waals surface area contributed by atoms with Crippen LogP contribution in [0.15, 0.2) is 24.3 Å². The predicted octanol–water partition coefficient (Wildman–Crippen LogP) is -1.81. The molecule has 0 bridgehead atoms. The number of carboxylic acid groups (broad SMARTS) is 1. The summed E-state index contributed by atoms with van der Waals surface area (Å²) in [4.78, 5) is 9.26. The Bertz CT molecular complexity index is 365. The maximum Gasteiger partial charge on any atom is 0.157 e. The molecule has 0 aliphatic heterocycles. The minimum atomic E-state index is -1.11. The SMILES string of the molecule is CCC(=O)[O-].OCC(CO)(CO)CO.Oc1ccccc1O. The second-order valence-electron chi connectivity index (χ2n) is 4.35. The number of aromatic hydroxyl groups is 2. The lowest BCUT2D eigenvalue weighted by molar-refractivity contribution is -0.305. The number of aliphatic hydroxyl groups is 4. The summed E-state index contributed by atoms with van der Waals surface area (Å²) in [6, 6.07) is 6.15. The van der Waals surface area contributed by atoms with Gasteiger partial charge >= 0.3 is 0 Å². The van der Waals surface area contributed by atoms with Crippen molar-refractivity contribution in [3.8, 4) is 11.5 Å². The summed E-state index contributed by atoms with van der Waals surface area (Å²) < 4.78 is 0. The highest BCUT2D eigenvalue weighted by Crippen LogP contribution is 2.21. The van der Waals surface area contributed by atoms with Gasteiger partial charge in [-0.3, -0.25) is 0 Å². The number of hydrogen-bond acceptors (Lipinski definition) is 8. The molecular formula is C14H23O8-. The predicted molar refractivity (Wildman–Crippen MR) is 75.8 cm³/mol. The van der Waals surface area contributed by atoms with E-state index in [0.29, 0.717) is 0 Å². The summed E-state index contributed by atoms with van der Waals surface area (Å²) in [6.07, 6.45) is 0.111. The number of aliphatic carboxylic acids is 1. The standard InChI is InChI=1S/C6H6O2.C5H12O4.C3H6O2/c7-5-3-1-2-4-6(5)8;6-1-5(2-7,3-8)4-9;1-2-3(4)5/h1-4,7-8H;6-9H,1-4H2;2H2,1H3,(H,4,5)/p-1. The second-order valence-corrected chi connectivity index (χ2v) is 4.35. The number of phenolic OH excluding ortho intramolecular Hbond substituents is 2. The molecule has 0 aliphatic rings. The Hall–Kier alpha value is -1.87. The molecule has 6 N–H and O–H groups in total. The zero-order valence-corrected chi connectivity index (χ0v) is 12.3. The van der Waals surface area contributed by atoms with Crippen LogP contribution in [0.25, 0.3) is 0 Å². The average Bonchev–Trinajstić information content (AvgIpc) is 2.54. The van der Waals surface area contributed by atoms with E-state index in [4.69, 9.17) is 30.6 Å². The Labute approximate surface area is 128 Å². The van der Waals surface area contributed by atoms with Crippen LogP contribution in [-0.4, -0.2) is 63.0 Å². The molecule has 128 valence electrons. The summed E-state index contributed by atoms with van der Waals surface area (Å²) in [7, 11) is 0. The van der Waals surface area contributed by atoms with Gasteiger partial charge in [0.2, 0.25) is 0 Å². The quantitative estimate of drug-likeness (QED) is 0.346. The number of para-hydroxylation sites is 2. The lowest BCUT2D eigenvalue weighted by Gasteiger charge is -2.23. The molecule has 0 unspecified atom stereocenters. The van der Waals surface area contributed by atoms with Crippen LogP contribution < -0.4 is 5.11 Å². The summed E-state index contributed by atoms with van der Waals surface area (Å²) >= 11 is 0. The monoisotopic (exact) mass is 319 g/mol. The van der Waals surface area contributed by atoms with E-state index in [1.54, 1.807) is 12.1 Å². The smallest absolute Gasteiger partial charge is 0.157 e. The van der Waals surface area contributed by atoms with Gasteiger partial charge in [0, 0.05) is 5.97 Å². The highest BCUT2D eigenvalue weighted by molar-refractivity contribution is 5.63. The van der Waals surface area contributed by atoms with Gasteiger partial charge in [0.15, 0.2) is 11.5 Å². The first-order valence-corrected chi connectivity index (χ1v) is 6.42. The topological polar surface area (TPSA) is 162 Å². The van der Waals surface area contributed by atoms with Crippen molar-refractivity contribution in [1.29, 1.82) is 0 Å². The third kappa shape index (κ3) is 9.94. The van der Waals surface area contributed by atoms with Crippen LogP contribution in [0, 0.1) is 5.41 Å². The molecule has 0 atom stereocenters. The highest BCUT2D eigenvalue weighted by Gasteiger charge is 2.26. The number of rotatable bonds is 5. The molecule has 0 saturated carbocycles. The zero-order valence-electron chi connectivity index (χ0n) is 12.3. The van der Waals surface area contributed by atoms with Gasteiger partial charge in [-0.1, -0.05) is 19.1 Å². The minimum absolute atomic E-state index is 0.0764. The number of hydrogen-bond donors (Lipinski definition) is 6. The maximum atomic E-state index is 9.26. The van der Waals surface area contributed by atoms with Crippen molar-refractivity contribution < 1.29 is 40.5 Å². The van der Waals surface area contributed by atoms with Gasteiger partial charge in [0.05, 0.1) is 31.8 Å². The molecule has 8 heteroatoms. The van der Waals surface area contributed by atoms with E-state index in [9.17, 15) is 9.90 Å². The lowest BCUT2D eigenvalue weighted by atomic mass is 9.93. The Kier molecular flexibility index (Phi) is 13.1. The molecule has 1 aromatic rings. The number of carboxylic acids is 1. The molecule has 0 spiro atoms. The van der Waals surface area contributed by atoms with E-state index in [2.05, 4.69) is 0 Å². The van der Waals surface area contributed by atoms with Crippen molar-refractivity contribution in [2.45, 2.75) is 13.3 Å². The molecule has 0 saturated heterocycles. The van der Waals surface area contributed by atoms with E-state index in [0.717, 1.165) is 0 Å². The Balaban J connectivity index is 0. The van der Waals surface area contributed by atoms with Gasteiger partial charge in [-0.15, -0.1) is 0 Å². The number of aliphatic hydroxyl groups excluding tert-OH is 4. The second kappa shape index (κ2) is 12.8. The van der Waals surface area contributed by atoms with Gasteiger partial charge in [0.1, 0.15) is 0 Å². The van der Waals surface area contributed by atoms with E-state index >= 15 is 0 Å². The first-order valence-electron chi connectivity index (χ1n) is 6.42. The number of benzene rings is 1. The first kappa shape index (κ1) is 22.4. The van der Waals surface area contributed by atoms with E-state index in [1.165, 1.54) is 19.1 Å². The van der Waals surface area contributed by atoms with Crippen molar-refractivity contribution in [2.24, 2.45) is 5.41 Å². The molecule has 8 nitrogen and oxygen atoms in total. The highest BCUT2D eigenvalue weighted by atomic mass is 16.4. The summed E-state index contributed by atoms with van der Waals surface area (Å²) in [6.45, 7) is -0.0880. The van der Waals surface area contributed by atoms with Gasteiger partial charge in [0.25, 0.3) is 0 Å². The van der Waals surface area contributed by atoms with Gasteiger partial charge < -0.3 is 40.5 Å². The van der Waals surface area contributed by atoms with Crippen molar-refractivity contribution in [2.75, 3.05) is 26.4 Å². The van der Waals surface area contributed by atoms with Crippen molar-refractivity contribution in [3.63, 3.8) is 0 Å². The molecule has 0 amide bonds. The van der Waals surface area contributed by atoms with Gasteiger partial charge in [-0.25, -0.2) is 0 Å². The third-order valence-electron chi connectivity index (χ3n) is 2.51. The Morgan fingerprint density at radius 1 is 0.955 bits per heavy atom. The molecule has 0 heterocycles. The van der Waals surface area contributed by atoms with Crippen LogP contribution in [0.5, 0.6) is 11.5 Å². The fourth-order valence-corrected chi connectivity index (χ4v) is 0.764. The summed E-state index contributed by atoms with van der Waals surface area (Å²) in [5, 5.41) is 60.6. The fraction of sp³-hybridized carbons (Fsp3) is 0.500. The zero-order chi connectivity index (χ0) is 17.6. The van der Waals surface area contributed by atoms with Crippen LogP contribution in [0.1, 0.15) is 13.3 Å². The molecule has 0 aliphatic carbocycles. The molecule has 0 fully saturated rings. The number of carbonyl (C=O) groups excluding carboxylic acids is 1. The number of carbonyl (C=O) groups is 1. The third-order valence-corrected chi connectivity index (χ3v) is 2.51. The lowest BCUT2D eigenvalue weighted by Crippen LogP contribution is -2.37.